The topological polar surface area (TPSA) is 3.24 Å². The van der Waals surface area contributed by atoms with Crippen LogP contribution in [0.25, 0.3) is 22.3 Å². The average molecular weight is 449 g/mol. The zero-order valence-electron chi connectivity index (χ0n) is 20.5. The predicted molar refractivity (Wildman–Crippen MR) is 152 cm³/mol. The lowest BCUT2D eigenvalue weighted by atomic mass is 9.82. The Kier molecular flexibility index (Phi) is 5.11. The molecule has 0 amide bonds. The highest BCUT2D eigenvalue weighted by molar-refractivity contribution is 6.32. The van der Waals surface area contributed by atoms with E-state index in [2.05, 4.69) is 148 Å². The molecule has 35 heavy (non-hydrogen) atoms. The summed E-state index contributed by atoms with van der Waals surface area (Å²) in [7, 11) is 2.14. The quantitative estimate of drug-likeness (QED) is 0.259. The molecule has 0 fully saturated rings. The van der Waals surface area contributed by atoms with Crippen molar-refractivity contribution in [1.82, 2.24) is 0 Å². The number of hydrogen-bond acceptors (Lipinski definition) is 1. The number of para-hydroxylation sites is 2. The lowest BCUT2D eigenvalue weighted by Crippen LogP contribution is -2.16. The Morgan fingerprint density at radius 3 is 1.94 bits per heavy atom. The first-order chi connectivity index (χ1) is 17.0. The Balaban J connectivity index is 1.56. The molecule has 2 heteroatoms. The Morgan fingerprint density at radius 2 is 1.17 bits per heavy atom. The first-order valence-electron chi connectivity index (χ1n) is 12.3. The van der Waals surface area contributed by atoms with Crippen molar-refractivity contribution < 1.29 is 0 Å². The van der Waals surface area contributed by atoms with Crippen molar-refractivity contribution in [3.05, 3.63) is 132 Å². The van der Waals surface area contributed by atoms with Gasteiger partial charge in [-0.15, -0.1) is 0 Å². The van der Waals surface area contributed by atoms with Crippen LogP contribution in [0.1, 0.15) is 25.0 Å². The zero-order chi connectivity index (χ0) is 24.0. The van der Waals surface area contributed by atoms with Gasteiger partial charge in [0.05, 0.1) is 5.69 Å². The molecule has 5 aromatic carbocycles. The van der Waals surface area contributed by atoms with Gasteiger partial charge in [-0.05, 0) is 58.1 Å². The largest absolute Gasteiger partial charge is 0.310 e. The molecule has 0 unspecified atom stereocenters. The molecule has 1 nitrogen and oxygen atoms in total. The van der Waals surface area contributed by atoms with Crippen LogP contribution in [0, 0.1) is 0 Å². The van der Waals surface area contributed by atoms with Gasteiger partial charge in [0.2, 0.25) is 0 Å². The highest BCUT2D eigenvalue weighted by Gasteiger charge is 2.35. The smallest absolute Gasteiger partial charge is 0.139 e. The molecule has 1 aliphatic carbocycles. The number of rotatable bonds is 4. The summed E-state index contributed by atoms with van der Waals surface area (Å²) in [5.41, 5.74) is 12.7. The van der Waals surface area contributed by atoms with Gasteiger partial charge in [-0.3, -0.25) is 0 Å². The minimum Gasteiger partial charge on any atom is -0.310 e. The van der Waals surface area contributed by atoms with Gasteiger partial charge in [0.25, 0.3) is 0 Å². The third-order valence-electron chi connectivity index (χ3n) is 7.35. The van der Waals surface area contributed by atoms with Gasteiger partial charge in [0.15, 0.2) is 0 Å². The maximum atomic E-state index is 2.40. The summed E-state index contributed by atoms with van der Waals surface area (Å²) < 4.78 is 0. The standard InChI is InChI=1S/C33H28BN/c1-33(2)30-14-8-6-13-28(30)29-21-20-26(22-31(29)33)35(25-10-4-3-5-11-25)32-15-9-7-12-27(32)23-16-18-24(34)19-17-23/h3-22H,34H2,1-2H3. The van der Waals surface area contributed by atoms with E-state index in [-0.39, 0.29) is 5.41 Å². The second-order valence-corrected chi connectivity index (χ2v) is 9.95. The van der Waals surface area contributed by atoms with Crippen LogP contribution >= 0.6 is 0 Å². The van der Waals surface area contributed by atoms with Gasteiger partial charge in [-0.1, -0.05) is 110 Å². The van der Waals surface area contributed by atoms with Crippen LogP contribution < -0.4 is 10.4 Å². The molecule has 5 aromatic rings. The molecule has 0 bridgehead atoms. The summed E-state index contributed by atoms with van der Waals surface area (Å²) in [5, 5.41) is 0. The molecule has 0 radical (unpaired) electrons. The monoisotopic (exact) mass is 449 g/mol. The maximum absolute atomic E-state index is 2.40. The van der Waals surface area contributed by atoms with E-state index >= 15 is 0 Å². The Labute approximate surface area is 209 Å². The molecule has 0 heterocycles. The van der Waals surface area contributed by atoms with Crippen LogP contribution in [0.4, 0.5) is 17.1 Å². The van der Waals surface area contributed by atoms with Crippen molar-refractivity contribution in [2.75, 3.05) is 4.90 Å². The van der Waals surface area contributed by atoms with Crippen molar-refractivity contribution in [2.24, 2.45) is 0 Å². The summed E-state index contributed by atoms with van der Waals surface area (Å²) >= 11 is 0. The molecule has 0 aromatic heterocycles. The van der Waals surface area contributed by atoms with Crippen LogP contribution in [0.2, 0.25) is 0 Å². The first-order valence-corrected chi connectivity index (χ1v) is 12.3. The highest BCUT2D eigenvalue weighted by atomic mass is 15.1. The third-order valence-corrected chi connectivity index (χ3v) is 7.35. The number of nitrogens with zero attached hydrogens (tertiary/aromatic N) is 1. The predicted octanol–water partition coefficient (Wildman–Crippen LogP) is 7.39. The minimum absolute atomic E-state index is 0.0409. The van der Waals surface area contributed by atoms with E-state index in [0.29, 0.717) is 0 Å². The van der Waals surface area contributed by atoms with Crippen LogP contribution in [-0.4, -0.2) is 7.85 Å². The van der Waals surface area contributed by atoms with Crippen LogP contribution in [0.3, 0.4) is 0 Å². The number of anilines is 3. The molecular formula is C33H28BN. The molecule has 168 valence electrons. The Hall–Kier alpha value is -4.04. The van der Waals surface area contributed by atoms with Gasteiger partial charge in [-0.2, -0.15) is 0 Å². The van der Waals surface area contributed by atoms with E-state index in [4.69, 9.17) is 0 Å². The normalized spacial score (nSPS) is 13.2. The van der Waals surface area contributed by atoms with E-state index in [1.54, 1.807) is 0 Å². The summed E-state index contributed by atoms with van der Waals surface area (Å²) in [4.78, 5) is 2.40. The minimum atomic E-state index is -0.0409. The van der Waals surface area contributed by atoms with Crippen molar-refractivity contribution in [3.63, 3.8) is 0 Å². The number of benzene rings is 5. The second kappa shape index (κ2) is 8.32. The lowest BCUT2D eigenvalue weighted by molar-refractivity contribution is 0.660. The molecular weight excluding hydrogens is 421 g/mol. The van der Waals surface area contributed by atoms with Crippen LogP contribution in [-0.2, 0) is 5.41 Å². The first kappa shape index (κ1) is 21.5. The Bertz CT molecular complexity index is 1520. The summed E-state index contributed by atoms with van der Waals surface area (Å²) in [5.74, 6) is 0. The van der Waals surface area contributed by atoms with Gasteiger partial charge in [-0.25, -0.2) is 0 Å². The molecule has 0 atom stereocenters. The molecule has 1 aliphatic rings. The summed E-state index contributed by atoms with van der Waals surface area (Å²) in [6.45, 7) is 4.68. The van der Waals surface area contributed by atoms with E-state index in [1.807, 2.05) is 0 Å². The average Bonchev–Trinajstić information content (AvgIpc) is 3.12. The number of hydrogen-bond donors (Lipinski definition) is 0. The molecule has 6 rings (SSSR count). The van der Waals surface area contributed by atoms with Crippen molar-refractivity contribution >= 4 is 30.4 Å². The Morgan fingerprint density at radius 1 is 0.543 bits per heavy atom. The molecule has 0 saturated carbocycles. The number of fused-ring (bicyclic) bond motifs is 3. The summed E-state index contributed by atoms with van der Waals surface area (Å²) in [6, 6.07) is 44.0. The van der Waals surface area contributed by atoms with Crippen molar-refractivity contribution in [3.8, 4) is 22.3 Å². The van der Waals surface area contributed by atoms with Crippen molar-refractivity contribution in [1.29, 1.82) is 0 Å². The second-order valence-electron chi connectivity index (χ2n) is 9.95. The van der Waals surface area contributed by atoms with E-state index in [1.165, 1.54) is 50.2 Å². The van der Waals surface area contributed by atoms with E-state index in [0.717, 1.165) is 5.69 Å². The zero-order valence-corrected chi connectivity index (χ0v) is 20.5. The third kappa shape index (κ3) is 3.57. The highest BCUT2D eigenvalue weighted by Crippen LogP contribution is 2.51. The van der Waals surface area contributed by atoms with Gasteiger partial charge >= 0.3 is 0 Å². The fourth-order valence-electron chi connectivity index (χ4n) is 5.48. The summed E-state index contributed by atoms with van der Waals surface area (Å²) in [6.07, 6.45) is 0. The van der Waals surface area contributed by atoms with Crippen molar-refractivity contribution in [2.45, 2.75) is 19.3 Å². The fourth-order valence-corrected chi connectivity index (χ4v) is 5.48. The molecule has 0 N–H and O–H groups in total. The maximum Gasteiger partial charge on any atom is 0.139 e. The fraction of sp³-hybridized carbons (Fsp3) is 0.0909. The lowest BCUT2D eigenvalue weighted by Gasteiger charge is -2.29. The molecule has 0 aliphatic heterocycles. The van der Waals surface area contributed by atoms with Crippen LogP contribution in [0.15, 0.2) is 121 Å². The van der Waals surface area contributed by atoms with Gasteiger partial charge < -0.3 is 4.90 Å². The molecule has 0 spiro atoms. The van der Waals surface area contributed by atoms with Gasteiger partial charge in [0.1, 0.15) is 7.85 Å². The van der Waals surface area contributed by atoms with Gasteiger partial charge in [0, 0.05) is 22.4 Å². The SMILES string of the molecule is Bc1ccc(-c2ccccc2N(c2ccccc2)c2ccc3c(c2)C(C)(C)c2ccccc2-3)cc1. The van der Waals surface area contributed by atoms with Crippen LogP contribution in [0.5, 0.6) is 0 Å². The molecule has 0 saturated heterocycles. The van der Waals surface area contributed by atoms with E-state index < -0.39 is 0 Å². The van der Waals surface area contributed by atoms with E-state index in [9.17, 15) is 0 Å².